The minimum Gasteiger partial charge on any atom is -0.265 e. The number of pyridine rings is 1. The second-order valence-corrected chi connectivity index (χ2v) is 9.64. The maximum Gasteiger partial charge on any atom is 0.102 e. The highest BCUT2D eigenvalue weighted by atomic mass is 35.5. The maximum atomic E-state index is 6.14. The molecule has 1 heterocycles. The van der Waals surface area contributed by atoms with Gasteiger partial charge in [-0.05, 0) is 84.8 Å². The van der Waals surface area contributed by atoms with E-state index in [0.29, 0.717) is 5.02 Å². The third-order valence-corrected chi connectivity index (χ3v) is 4.75. The highest BCUT2D eigenvalue weighted by molar-refractivity contribution is 6.30. The molecule has 0 aliphatic rings. The quantitative estimate of drug-likeness (QED) is 0.424. The van der Waals surface area contributed by atoms with Gasteiger partial charge in [0, 0.05) is 23.0 Å². The highest BCUT2D eigenvalue weighted by Gasteiger charge is 2.25. The smallest absolute Gasteiger partial charge is 0.102 e. The molecule has 0 aliphatic carbocycles. The molecule has 0 unspecified atom stereocenters. The Bertz CT molecular complexity index is 969. The summed E-state index contributed by atoms with van der Waals surface area (Å²) >= 11 is 6.14. The lowest BCUT2D eigenvalue weighted by atomic mass is 9.81. The zero-order valence-electron chi connectivity index (χ0n) is 18.0. The summed E-state index contributed by atoms with van der Waals surface area (Å²) in [7, 11) is 0. The van der Waals surface area contributed by atoms with Crippen LogP contribution in [-0.4, -0.2) is 10.6 Å². The van der Waals surface area contributed by atoms with Crippen molar-refractivity contribution in [2.24, 2.45) is 0 Å². The standard InChI is InChI=1S/C25H28ClN2O/c1-24(2,3)22-16-19(17-11-13-27-14-12-17)15-21(18-7-9-20(26)10-8-18)23(22)28-29-25(4,5)6/h7-16H,1-6H3. The Balaban J connectivity index is 2.26. The van der Waals surface area contributed by atoms with Crippen molar-refractivity contribution >= 4 is 17.3 Å². The predicted molar refractivity (Wildman–Crippen MR) is 121 cm³/mol. The SMILES string of the molecule is CC(C)(C)O[N]c1c(-c2ccc(Cl)cc2)cc(-c2ccncc2)cc1C(C)(C)C. The van der Waals surface area contributed by atoms with Crippen LogP contribution in [0.1, 0.15) is 47.1 Å². The van der Waals surface area contributed by atoms with Gasteiger partial charge in [0.1, 0.15) is 5.69 Å². The van der Waals surface area contributed by atoms with Crippen LogP contribution in [0, 0.1) is 0 Å². The third kappa shape index (κ3) is 5.37. The van der Waals surface area contributed by atoms with Crippen molar-refractivity contribution in [3.8, 4) is 22.3 Å². The van der Waals surface area contributed by atoms with Crippen LogP contribution in [0.25, 0.3) is 22.3 Å². The van der Waals surface area contributed by atoms with Gasteiger partial charge in [0.25, 0.3) is 0 Å². The molecule has 0 bridgehead atoms. The van der Waals surface area contributed by atoms with Crippen LogP contribution < -0.4 is 5.48 Å². The molecule has 3 nitrogen and oxygen atoms in total. The van der Waals surface area contributed by atoms with E-state index in [2.05, 4.69) is 43.4 Å². The van der Waals surface area contributed by atoms with Crippen LogP contribution in [0.2, 0.25) is 5.02 Å². The summed E-state index contributed by atoms with van der Waals surface area (Å²) < 4.78 is 0. The Kier molecular flexibility index (Phi) is 6.02. The first kappa shape index (κ1) is 21.4. The zero-order valence-corrected chi connectivity index (χ0v) is 18.7. The molecule has 29 heavy (non-hydrogen) atoms. The number of halogens is 1. The normalized spacial score (nSPS) is 12.1. The van der Waals surface area contributed by atoms with Gasteiger partial charge in [0.05, 0.1) is 5.60 Å². The van der Waals surface area contributed by atoms with Gasteiger partial charge in [-0.25, -0.2) is 4.84 Å². The number of hydrogen-bond donors (Lipinski definition) is 0. The molecule has 0 atom stereocenters. The lowest BCUT2D eigenvalue weighted by Gasteiger charge is -2.27. The fourth-order valence-corrected chi connectivity index (χ4v) is 3.17. The first-order chi connectivity index (χ1) is 13.5. The Morgan fingerprint density at radius 2 is 1.41 bits per heavy atom. The van der Waals surface area contributed by atoms with E-state index in [1.54, 1.807) is 0 Å². The Hall–Kier alpha value is -2.36. The van der Waals surface area contributed by atoms with Gasteiger partial charge in [-0.1, -0.05) is 44.5 Å². The Morgan fingerprint density at radius 3 is 1.97 bits per heavy atom. The van der Waals surface area contributed by atoms with Crippen molar-refractivity contribution in [2.45, 2.75) is 52.6 Å². The van der Waals surface area contributed by atoms with Crippen molar-refractivity contribution in [3.63, 3.8) is 0 Å². The second kappa shape index (κ2) is 8.17. The summed E-state index contributed by atoms with van der Waals surface area (Å²) in [5.74, 6) is 0. The molecule has 2 aromatic carbocycles. The molecule has 0 fully saturated rings. The fraction of sp³-hybridized carbons (Fsp3) is 0.320. The monoisotopic (exact) mass is 407 g/mol. The number of benzene rings is 2. The summed E-state index contributed by atoms with van der Waals surface area (Å²) in [6.45, 7) is 12.6. The van der Waals surface area contributed by atoms with Gasteiger partial charge in [0.15, 0.2) is 0 Å². The summed E-state index contributed by atoms with van der Waals surface area (Å²) in [5, 5.41) is 0.708. The van der Waals surface area contributed by atoms with Crippen molar-refractivity contribution in [1.82, 2.24) is 10.5 Å². The van der Waals surface area contributed by atoms with E-state index < -0.39 is 0 Å². The molecule has 151 valence electrons. The van der Waals surface area contributed by atoms with Crippen molar-refractivity contribution in [1.29, 1.82) is 0 Å². The van der Waals surface area contributed by atoms with Crippen LogP contribution in [0.3, 0.4) is 0 Å². The molecule has 0 spiro atoms. The van der Waals surface area contributed by atoms with E-state index in [4.69, 9.17) is 16.4 Å². The minimum absolute atomic E-state index is 0.121. The van der Waals surface area contributed by atoms with Crippen LogP contribution in [0.5, 0.6) is 0 Å². The zero-order chi connectivity index (χ0) is 21.2. The van der Waals surface area contributed by atoms with Gasteiger partial charge in [-0.2, -0.15) is 0 Å². The van der Waals surface area contributed by atoms with Crippen molar-refractivity contribution in [2.75, 3.05) is 0 Å². The van der Waals surface area contributed by atoms with Gasteiger partial charge >= 0.3 is 0 Å². The van der Waals surface area contributed by atoms with E-state index in [1.807, 2.05) is 69.6 Å². The van der Waals surface area contributed by atoms with Gasteiger partial charge in [-0.15, -0.1) is 5.48 Å². The largest absolute Gasteiger partial charge is 0.265 e. The summed E-state index contributed by atoms with van der Waals surface area (Å²) in [5.41, 5.74) is 10.4. The van der Waals surface area contributed by atoms with Crippen LogP contribution >= 0.6 is 11.6 Å². The Morgan fingerprint density at radius 1 is 0.793 bits per heavy atom. The Labute approximate surface area is 179 Å². The van der Waals surface area contributed by atoms with Crippen LogP contribution in [0.4, 0.5) is 5.69 Å². The van der Waals surface area contributed by atoms with Crippen LogP contribution in [0.15, 0.2) is 60.9 Å². The van der Waals surface area contributed by atoms with E-state index in [0.717, 1.165) is 33.5 Å². The molecule has 3 rings (SSSR count). The first-order valence-corrected chi connectivity index (χ1v) is 10.2. The molecule has 0 N–H and O–H groups in total. The number of rotatable bonds is 4. The average Bonchev–Trinajstić information content (AvgIpc) is 2.66. The lowest BCUT2D eigenvalue weighted by Crippen LogP contribution is -2.24. The summed E-state index contributed by atoms with van der Waals surface area (Å²) in [6.07, 6.45) is 3.63. The number of aromatic nitrogens is 1. The molecule has 1 radical (unpaired) electrons. The lowest BCUT2D eigenvalue weighted by molar-refractivity contribution is -0.0548. The molecule has 0 amide bonds. The number of hydrogen-bond acceptors (Lipinski definition) is 2. The molecule has 3 aromatic rings. The fourth-order valence-electron chi connectivity index (χ4n) is 3.05. The first-order valence-electron chi connectivity index (χ1n) is 9.79. The molecule has 0 saturated carbocycles. The maximum absolute atomic E-state index is 6.14. The van der Waals surface area contributed by atoms with Crippen LogP contribution in [-0.2, 0) is 10.3 Å². The van der Waals surface area contributed by atoms with E-state index in [-0.39, 0.29) is 11.0 Å². The van der Waals surface area contributed by atoms with Crippen molar-refractivity contribution in [3.05, 3.63) is 71.5 Å². The highest BCUT2D eigenvalue weighted by Crippen LogP contribution is 2.41. The average molecular weight is 408 g/mol. The second-order valence-electron chi connectivity index (χ2n) is 9.21. The number of nitrogens with zero attached hydrogens (tertiary/aromatic N) is 2. The van der Waals surface area contributed by atoms with Gasteiger partial charge in [-0.3, -0.25) is 4.98 Å². The van der Waals surface area contributed by atoms with Gasteiger partial charge in [0.2, 0.25) is 0 Å². The van der Waals surface area contributed by atoms with E-state index >= 15 is 0 Å². The van der Waals surface area contributed by atoms with Gasteiger partial charge < -0.3 is 0 Å². The summed E-state index contributed by atoms with van der Waals surface area (Å²) in [6, 6.07) is 16.3. The van der Waals surface area contributed by atoms with Crippen molar-refractivity contribution < 1.29 is 4.84 Å². The molecular formula is C25H28ClN2O. The minimum atomic E-state index is -0.379. The molecule has 4 heteroatoms. The molecule has 0 saturated heterocycles. The van der Waals surface area contributed by atoms with E-state index in [1.165, 1.54) is 0 Å². The molecule has 1 aromatic heterocycles. The molecule has 0 aliphatic heterocycles. The summed E-state index contributed by atoms with van der Waals surface area (Å²) in [4.78, 5) is 10.0. The molecular weight excluding hydrogens is 380 g/mol. The van der Waals surface area contributed by atoms with E-state index in [9.17, 15) is 0 Å². The third-order valence-electron chi connectivity index (χ3n) is 4.50. The topological polar surface area (TPSA) is 36.2 Å². The predicted octanol–water partition coefficient (Wildman–Crippen LogP) is 7.33.